The molecule has 4 N–H and O–H groups in total. The first-order valence-corrected chi connectivity index (χ1v) is 16.1. The van der Waals surface area contributed by atoms with Crippen molar-refractivity contribution in [1.82, 2.24) is 10.6 Å². The number of rotatable bonds is 15. The Bertz CT molecular complexity index is 1460. The molecule has 0 bridgehead atoms. The summed E-state index contributed by atoms with van der Waals surface area (Å²) in [6.45, 7) is 0. The lowest BCUT2D eigenvalue weighted by atomic mass is 10.0. The van der Waals surface area contributed by atoms with Crippen molar-refractivity contribution in [3.63, 3.8) is 0 Å². The zero-order valence-electron chi connectivity index (χ0n) is 23.7. The summed E-state index contributed by atoms with van der Waals surface area (Å²) in [5.74, 6) is -3.25. The highest BCUT2D eigenvalue weighted by Gasteiger charge is 2.24. The quantitative estimate of drug-likeness (QED) is 0.116. The minimum atomic E-state index is -1.11. The SMILES string of the molecule is O=C(N[C@@H](CCc1ccccc1)C(=O)O)c1ccccc1SSc1ccccc1C(=O)N[C@@H](CCc1ccccc1)C(=O)O. The number of aliphatic carboxylic acids is 2. The Balaban J connectivity index is 1.41. The van der Waals surface area contributed by atoms with Crippen molar-refractivity contribution < 1.29 is 29.4 Å². The second-order valence-corrected chi connectivity index (χ2v) is 12.1. The van der Waals surface area contributed by atoms with E-state index in [0.29, 0.717) is 33.8 Å². The van der Waals surface area contributed by atoms with Gasteiger partial charge in [-0.1, -0.05) is 107 Å². The molecule has 44 heavy (non-hydrogen) atoms. The second kappa shape index (κ2) is 16.3. The van der Waals surface area contributed by atoms with Gasteiger partial charge in [0.2, 0.25) is 0 Å². The van der Waals surface area contributed by atoms with E-state index >= 15 is 0 Å². The van der Waals surface area contributed by atoms with E-state index in [1.54, 1.807) is 48.5 Å². The van der Waals surface area contributed by atoms with Gasteiger partial charge in [0.15, 0.2) is 0 Å². The van der Waals surface area contributed by atoms with E-state index in [4.69, 9.17) is 0 Å². The Morgan fingerprint density at radius 3 is 1.23 bits per heavy atom. The molecule has 0 aliphatic heterocycles. The van der Waals surface area contributed by atoms with Crippen LogP contribution in [-0.4, -0.2) is 46.0 Å². The highest BCUT2D eigenvalue weighted by Crippen LogP contribution is 2.40. The standard InChI is InChI=1S/C34H32N2O6S2/c37-31(35-27(33(39)40)21-19-23-11-3-1-4-12-23)25-15-7-9-17-29(25)43-44-30-18-10-8-16-26(30)32(38)36-28(34(41)42)22-20-24-13-5-2-6-14-24/h1-18,27-28H,19-22H2,(H,35,37)(H,36,38)(H,39,40)(H,41,42)/t27-,28-/m0/s1. The number of nitrogens with one attached hydrogen (secondary N) is 2. The van der Waals surface area contributed by atoms with E-state index in [2.05, 4.69) is 10.6 Å². The normalized spacial score (nSPS) is 12.1. The van der Waals surface area contributed by atoms with Crippen molar-refractivity contribution in [2.75, 3.05) is 0 Å². The number of carboxylic acids is 2. The molecule has 0 unspecified atom stereocenters. The third-order valence-electron chi connectivity index (χ3n) is 6.82. The number of amides is 2. The van der Waals surface area contributed by atoms with Crippen molar-refractivity contribution >= 4 is 45.3 Å². The Kier molecular flexibility index (Phi) is 12.0. The number of benzene rings is 4. The molecular formula is C34H32N2O6S2. The van der Waals surface area contributed by atoms with Gasteiger partial charge in [0.05, 0.1) is 11.1 Å². The van der Waals surface area contributed by atoms with Crippen LogP contribution in [0.2, 0.25) is 0 Å². The third-order valence-corrected chi connectivity index (χ3v) is 9.30. The van der Waals surface area contributed by atoms with Crippen LogP contribution in [0, 0.1) is 0 Å². The summed E-state index contributed by atoms with van der Waals surface area (Å²) in [5.41, 5.74) is 2.58. The third kappa shape index (κ3) is 9.48. The molecule has 0 saturated heterocycles. The van der Waals surface area contributed by atoms with Crippen molar-refractivity contribution in [2.24, 2.45) is 0 Å². The van der Waals surface area contributed by atoms with E-state index < -0.39 is 35.8 Å². The molecule has 4 aromatic carbocycles. The van der Waals surface area contributed by atoms with Gasteiger partial charge in [-0.2, -0.15) is 0 Å². The van der Waals surface area contributed by atoms with Gasteiger partial charge in [0, 0.05) is 9.79 Å². The second-order valence-electron chi connectivity index (χ2n) is 9.94. The van der Waals surface area contributed by atoms with Gasteiger partial charge >= 0.3 is 11.9 Å². The fourth-order valence-electron chi connectivity index (χ4n) is 4.44. The minimum Gasteiger partial charge on any atom is -0.480 e. The molecule has 2 atom stereocenters. The van der Waals surface area contributed by atoms with Crippen LogP contribution in [0.4, 0.5) is 0 Å². The van der Waals surface area contributed by atoms with Crippen LogP contribution in [0.5, 0.6) is 0 Å². The monoisotopic (exact) mass is 628 g/mol. The topological polar surface area (TPSA) is 133 Å². The lowest BCUT2D eigenvalue weighted by molar-refractivity contribution is -0.140. The fourth-order valence-corrected chi connectivity index (χ4v) is 6.80. The van der Waals surface area contributed by atoms with E-state index in [1.165, 1.54) is 21.6 Å². The van der Waals surface area contributed by atoms with Gasteiger partial charge in [-0.3, -0.25) is 9.59 Å². The van der Waals surface area contributed by atoms with Crippen LogP contribution in [0.25, 0.3) is 0 Å². The smallest absolute Gasteiger partial charge is 0.326 e. The number of aryl methyl sites for hydroxylation is 2. The molecular weight excluding hydrogens is 597 g/mol. The van der Waals surface area contributed by atoms with Gasteiger partial charge < -0.3 is 20.8 Å². The van der Waals surface area contributed by atoms with Gasteiger partial charge in [-0.15, -0.1) is 0 Å². The molecule has 0 aliphatic carbocycles. The molecule has 0 spiro atoms. The van der Waals surface area contributed by atoms with Crippen molar-refractivity contribution in [3.8, 4) is 0 Å². The molecule has 4 aromatic rings. The van der Waals surface area contributed by atoms with Crippen LogP contribution in [0.15, 0.2) is 119 Å². The van der Waals surface area contributed by atoms with Gasteiger partial charge in [0.25, 0.3) is 11.8 Å². The van der Waals surface area contributed by atoms with Crippen LogP contribution < -0.4 is 10.6 Å². The first kappa shape index (κ1) is 32.4. The molecule has 10 heteroatoms. The van der Waals surface area contributed by atoms with Crippen molar-refractivity contribution in [2.45, 2.75) is 47.6 Å². The maximum absolute atomic E-state index is 13.2. The van der Waals surface area contributed by atoms with Crippen LogP contribution in [-0.2, 0) is 22.4 Å². The zero-order valence-corrected chi connectivity index (χ0v) is 25.4. The maximum Gasteiger partial charge on any atom is 0.326 e. The number of carboxylic acid groups (broad SMARTS) is 2. The predicted molar refractivity (Wildman–Crippen MR) is 172 cm³/mol. The minimum absolute atomic E-state index is 0.236. The summed E-state index contributed by atoms with van der Waals surface area (Å²) < 4.78 is 0. The maximum atomic E-state index is 13.2. The molecule has 4 rings (SSSR count). The Hall–Kier alpha value is -4.54. The Morgan fingerprint density at radius 1 is 0.523 bits per heavy atom. The van der Waals surface area contributed by atoms with E-state index in [9.17, 15) is 29.4 Å². The zero-order chi connectivity index (χ0) is 31.3. The lowest BCUT2D eigenvalue weighted by Gasteiger charge is -2.17. The van der Waals surface area contributed by atoms with E-state index in [0.717, 1.165) is 11.1 Å². The lowest BCUT2D eigenvalue weighted by Crippen LogP contribution is -2.41. The van der Waals surface area contributed by atoms with Gasteiger partial charge in [0.1, 0.15) is 12.1 Å². The molecule has 0 fully saturated rings. The average molecular weight is 629 g/mol. The molecule has 0 aromatic heterocycles. The van der Waals surface area contributed by atoms with Crippen LogP contribution >= 0.6 is 21.6 Å². The van der Waals surface area contributed by atoms with Gasteiger partial charge in [-0.25, -0.2) is 9.59 Å². The summed E-state index contributed by atoms with van der Waals surface area (Å²) in [7, 11) is 2.50. The van der Waals surface area contributed by atoms with Gasteiger partial charge in [-0.05, 0) is 61.1 Å². The molecule has 226 valence electrons. The molecule has 2 amide bonds. The number of hydrogen-bond acceptors (Lipinski definition) is 6. The number of carbonyl (C=O) groups excluding carboxylic acids is 2. The molecule has 0 radical (unpaired) electrons. The molecule has 0 aliphatic rings. The summed E-state index contributed by atoms with van der Waals surface area (Å²) >= 11 is 0. The summed E-state index contributed by atoms with van der Waals surface area (Å²) in [4.78, 5) is 51.4. The summed E-state index contributed by atoms with van der Waals surface area (Å²) in [6, 6.07) is 30.5. The number of carbonyl (C=O) groups is 4. The summed E-state index contributed by atoms with van der Waals surface area (Å²) in [6.07, 6.45) is 1.47. The molecule has 0 heterocycles. The highest BCUT2D eigenvalue weighted by atomic mass is 33.1. The van der Waals surface area contributed by atoms with E-state index in [1.807, 2.05) is 60.7 Å². The number of hydrogen-bond donors (Lipinski definition) is 4. The Labute approximate surface area is 263 Å². The summed E-state index contributed by atoms with van der Waals surface area (Å²) in [5, 5.41) is 24.8. The Morgan fingerprint density at radius 2 is 0.864 bits per heavy atom. The van der Waals surface area contributed by atoms with Crippen LogP contribution in [0.1, 0.15) is 44.7 Å². The first-order chi connectivity index (χ1) is 21.3. The molecule has 8 nitrogen and oxygen atoms in total. The first-order valence-electron chi connectivity index (χ1n) is 14.0. The largest absolute Gasteiger partial charge is 0.480 e. The highest BCUT2D eigenvalue weighted by molar-refractivity contribution is 8.76. The average Bonchev–Trinajstić information content (AvgIpc) is 3.04. The van der Waals surface area contributed by atoms with Crippen LogP contribution in [0.3, 0.4) is 0 Å². The van der Waals surface area contributed by atoms with Crippen molar-refractivity contribution in [3.05, 3.63) is 131 Å². The predicted octanol–water partition coefficient (Wildman–Crippen LogP) is 6.12. The van der Waals surface area contributed by atoms with Crippen molar-refractivity contribution in [1.29, 1.82) is 0 Å². The fraction of sp³-hybridized carbons (Fsp3) is 0.176. The van der Waals surface area contributed by atoms with E-state index in [-0.39, 0.29) is 12.8 Å². The molecule has 0 saturated carbocycles.